The highest BCUT2D eigenvalue weighted by atomic mass is 32.1. The van der Waals surface area contributed by atoms with Gasteiger partial charge in [0.15, 0.2) is 0 Å². The molecule has 2 aromatic rings. The first-order chi connectivity index (χ1) is 10.1. The molecule has 0 fully saturated rings. The van der Waals surface area contributed by atoms with Crippen molar-refractivity contribution in [2.75, 3.05) is 6.54 Å². The monoisotopic (exact) mass is 302 g/mol. The molecule has 2 rings (SSSR count). The van der Waals surface area contributed by atoms with E-state index in [-0.39, 0.29) is 12.1 Å². The van der Waals surface area contributed by atoms with Gasteiger partial charge in [-0.1, -0.05) is 49.7 Å². The third-order valence-electron chi connectivity index (χ3n) is 3.18. The number of nitrogens with one attached hydrogen (secondary N) is 2. The van der Waals surface area contributed by atoms with Crippen molar-refractivity contribution in [3.63, 3.8) is 0 Å². The summed E-state index contributed by atoms with van der Waals surface area (Å²) in [7, 11) is 0. The van der Waals surface area contributed by atoms with E-state index in [1.165, 1.54) is 5.56 Å². The fourth-order valence-electron chi connectivity index (χ4n) is 2.01. The minimum atomic E-state index is -0.123. The molecule has 2 amide bonds. The molecule has 21 heavy (non-hydrogen) atoms. The van der Waals surface area contributed by atoms with Gasteiger partial charge in [0.1, 0.15) is 0 Å². The number of rotatable bonds is 5. The summed E-state index contributed by atoms with van der Waals surface area (Å²) in [6.45, 7) is 6.90. The first-order valence-electron chi connectivity index (χ1n) is 7.20. The average Bonchev–Trinajstić information content (AvgIpc) is 2.97. The second kappa shape index (κ2) is 7.27. The summed E-state index contributed by atoms with van der Waals surface area (Å²) in [5.41, 5.74) is 2.32. The van der Waals surface area contributed by atoms with Crippen LogP contribution in [0.5, 0.6) is 0 Å². The summed E-state index contributed by atoms with van der Waals surface area (Å²) >= 11 is 1.65. The molecular formula is C17H22N2OS. The van der Waals surface area contributed by atoms with Crippen LogP contribution >= 0.6 is 11.3 Å². The van der Waals surface area contributed by atoms with Crippen LogP contribution in [0, 0.1) is 12.8 Å². The number of urea groups is 1. The predicted molar refractivity (Wildman–Crippen MR) is 88.7 cm³/mol. The quantitative estimate of drug-likeness (QED) is 0.857. The molecule has 0 aliphatic carbocycles. The van der Waals surface area contributed by atoms with Crippen molar-refractivity contribution >= 4 is 17.4 Å². The fraction of sp³-hybridized carbons (Fsp3) is 0.353. The minimum absolute atomic E-state index is 0.0993. The van der Waals surface area contributed by atoms with Crippen LogP contribution in [0.1, 0.15) is 35.9 Å². The lowest BCUT2D eigenvalue weighted by molar-refractivity contribution is 0.237. The fourth-order valence-corrected chi connectivity index (χ4v) is 2.81. The number of benzene rings is 1. The molecule has 1 aromatic carbocycles. The van der Waals surface area contributed by atoms with Crippen molar-refractivity contribution < 1.29 is 4.79 Å². The standard InChI is InChI=1S/C17H22N2OS/c1-12(2)11-18-17(20)19-16(15-5-4-10-21-15)14-8-6-13(3)7-9-14/h4-10,12,16H,11H2,1-3H3,(H2,18,19,20)/t16-/m0/s1. The summed E-state index contributed by atoms with van der Waals surface area (Å²) in [6, 6.07) is 12.1. The first kappa shape index (κ1) is 15.6. The van der Waals surface area contributed by atoms with Crippen LogP contribution in [0.2, 0.25) is 0 Å². The van der Waals surface area contributed by atoms with Crippen molar-refractivity contribution in [2.24, 2.45) is 5.92 Å². The Morgan fingerprint density at radius 2 is 1.90 bits per heavy atom. The van der Waals surface area contributed by atoms with Gasteiger partial charge < -0.3 is 10.6 Å². The Morgan fingerprint density at radius 1 is 1.19 bits per heavy atom. The average molecular weight is 302 g/mol. The number of aryl methyl sites for hydroxylation is 1. The molecule has 2 N–H and O–H groups in total. The van der Waals surface area contributed by atoms with E-state index in [2.05, 4.69) is 61.7 Å². The maximum absolute atomic E-state index is 12.1. The van der Waals surface area contributed by atoms with Crippen LogP contribution in [-0.4, -0.2) is 12.6 Å². The molecule has 3 nitrogen and oxygen atoms in total. The van der Waals surface area contributed by atoms with E-state index < -0.39 is 0 Å². The molecule has 0 saturated heterocycles. The number of carbonyl (C=O) groups excluding carboxylic acids is 1. The Morgan fingerprint density at radius 3 is 2.48 bits per heavy atom. The highest BCUT2D eigenvalue weighted by Crippen LogP contribution is 2.26. The molecule has 0 bridgehead atoms. The normalized spacial score (nSPS) is 12.2. The topological polar surface area (TPSA) is 41.1 Å². The van der Waals surface area contributed by atoms with Gasteiger partial charge in [0, 0.05) is 11.4 Å². The molecule has 1 atom stereocenters. The number of thiophene rings is 1. The second-order valence-corrected chi connectivity index (χ2v) is 6.59. The molecule has 0 spiro atoms. The van der Waals surface area contributed by atoms with E-state index in [0.717, 1.165) is 10.4 Å². The molecule has 112 valence electrons. The summed E-state index contributed by atoms with van der Waals surface area (Å²) in [5, 5.41) is 8.01. The SMILES string of the molecule is Cc1ccc([C@H](NC(=O)NCC(C)C)c2cccs2)cc1. The number of amides is 2. The minimum Gasteiger partial charge on any atom is -0.338 e. The summed E-state index contributed by atoms with van der Waals surface area (Å²) in [6.07, 6.45) is 0. The van der Waals surface area contributed by atoms with E-state index in [0.29, 0.717) is 12.5 Å². The van der Waals surface area contributed by atoms with E-state index >= 15 is 0 Å². The van der Waals surface area contributed by atoms with E-state index in [1.54, 1.807) is 11.3 Å². The Hall–Kier alpha value is -1.81. The Bertz CT molecular complexity index is 561. The largest absolute Gasteiger partial charge is 0.338 e. The Kier molecular flexibility index (Phi) is 5.39. The van der Waals surface area contributed by atoms with Gasteiger partial charge in [-0.05, 0) is 29.9 Å². The summed E-state index contributed by atoms with van der Waals surface area (Å²) in [5.74, 6) is 0.440. The van der Waals surface area contributed by atoms with Crippen LogP contribution in [0.4, 0.5) is 4.79 Å². The smallest absolute Gasteiger partial charge is 0.315 e. The van der Waals surface area contributed by atoms with E-state index in [9.17, 15) is 4.79 Å². The van der Waals surface area contributed by atoms with E-state index in [4.69, 9.17) is 0 Å². The van der Waals surface area contributed by atoms with Crippen molar-refractivity contribution in [1.29, 1.82) is 0 Å². The van der Waals surface area contributed by atoms with Crippen LogP contribution in [0.25, 0.3) is 0 Å². The third-order valence-corrected chi connectivity index (χ3v) is 4.12. The zero-order valence-electron chi connectivity index (χ0n) is 12.7. The Labute approximate surface area is 130 Å². The molecule has 0 aliphatic heterocycles. The molecule has 0 radical (unpaired) electrons. The lowest BCUT2D eigenvalue weighted by Gasteiger charge is -2.19. The van der Waals surface area contributed by atoms with Gasteiger partial charge in [-0.2, -0.15) is 0 Å². The van der Waals surface area contributed by atoms with Crippen LogP contribution in [-0.2, 0) is 0 Å². The highest BCUT2D eigenvalue weighted by molar-refractivity contribution is 7.10. The molecule has 4 heteroatoms. The van der Waals surface area contributed by atoms with Gasteiger partial charge >= 0.3 is 6.03 Å². The van der Waals surface area contributed by atoms with Gasteiger partial charge in [0.05, 0.1) is 6.04 Å². The maximum Gasteiger partial charge on any atom is 0.315 e. The Balaban J connectivity index is 2.14. The summed E-state index contributed by atoms with van der Waals surface area (Å²) in [4.78, 5) is 13.2. The number of carbonyl (C=O) groups is 1. The van der Waals surface area contributed by atoms with Gasteiger partial charge in [-0.3, -0.25) is 0 Å². The number of hydrogen-bond donors (Lipinski definition) is 2. The molecule has 0 unspecified atom stereocenters. The molecule has 1 heterocycles. The molecule has 0 saturated carbocycles. The lowest BCUT2D eigenvalue weighted by Crippen LogP contribution is -2.39. The molecule has 1 aromatic heterocycles. The first-order valence-corrected chi connectivity index (χ1v) is 8.08. The van der Waals surface area contributed by atoms with Crippen LogP contribution in [0.3, 0.4) is 0 Å². The summed E-state index contributed by atoms with van der Waals surface area (Å²) < 4.78 is 0. The van der Waals surface area contributed by atoms with Gasteiger partial charge in [0.25, 0.3) is 0 Å². The zero-order chi connectivity index (χ0) is 15.2. The van der Waals surface area contributed by atoms with Gasteiger partial charge in [-0.25, -0.2) is 4.79 Å². The van der Waals surface area contributed by atoms with Crippen molar-refractivity contribution in [2.45, 2.75) is 26.8 Å². The van der Waals surface area contributed by atoms with Gasteiger partial charge in [-0.15, -0.1) is 11.3 Å². The maximum atomic E-state index is 12.1. The van der Waals surface area contributed by atoms with Gasteiger partial charge in [0.2, 0.25) is 0 Å². The van der Waals surface area contributed by atoms with Crippen molar-refractivity contribution in [3.05, 3.63) is 57.8 Å². The highest BCUT2D eigenvalue weighted by Gasteiger charge is 2.17. The zero-order valence-corrected chi connectivity index (χ0v) is 13.5. The lowest BCUT2D eigenvalue weighted by atomic mass is 10.0. The van der Waals surface area contributed by atoms with Crippen molar-refractivity contribution in [3.8, 4) is 0 Å². The molecule has 0 aliphatic rings. The van der Waals surface area contributed by atoms with Crippen LogP contribution in [0.15, 0.2) is 41.8 Å². The second-order valence-electron chi connectivity index (χ2n) is 5.61. The van der Waals surface area contributed by atoms with E-state index in [1.807, 2.05) is 11.4 Å². The van der Waals surface area contributed by atoms with Crippen molar-refractivity contribution in [1.82, 2.24) is 10.6 Å². The predicted octanol–water partition coefficient (Wildman–Crippen LogP) is 4.10. The third kappa shape index (κ3) is 4.60. The van der Waals surface area contributed by atoms with Crippen LogP contribution < -0.4 is 10.6 Å². The molecular weight excluding hydrogens is 280 g/mol. The number of hydrogen-bond acceptors (Lipinski definition) is 2.